The van der Waals surface area contributed by atoms with E-state index in [1.54, 1.807) is 36.4 Å². The number of nitrogens with one attached hydrogen (secondary N) is 2. The Morgan fingerprint density at radius 1 is 1.05 bits per heavy atom. The third kappa shape index (κ3) is 6.13. The number of nitrogens with zero attached hydrogens (tertiary/aromatic N) is 1. The van der Waals surface area contributed by atoms with Crippen LogP contribution in [0.5, 0.6) is 0 Å². The van der Waals surface area contributed by atoms with Crippen LogP contribution in [-0.2, 0) is 24.8 Å². The number of nitrogen functional groups attached to an aromatic ring is 1. The molecule has 38 heavy (non-hydrogen) atoms. The Balaban J connectivity index is 1.60. The number of carbonyl (C=O) groups excluding carboxylic acids is 1. The predicted molar refractivity (Wildman–Crippen MR) is 151 cm³/mol. The second kappa shape index (κ2) is 10.8. The largest absolute Gasteiger partial charge is 0.397 e. The standard InChI is InChI=1S/C27H28N4O5S2/c1-37(33,34)29-20-27(16-7-10-23(18-27)22-8-3-2-4-9-22)38(35,36)31-17-15-21(19-31)13-14-26(32)30-25-12-6-5-11-24(25)28/h2-17,19,29H,18,20,28H2,1H3,(H,30,32)/b14-13+. The Morgan fingerprint density at radius 3 is 2.47 bits per heavy atom. The zero-order valence-corrected chi connectivity index (χ0v) is 22.2. The van der Waals surface area contributed by atoms with Crippen LogP contribution in [-0.4, -0.2) is 44.3 Å². The number of aromatic nitrogens is 1. The Labute approximate surface area is 222 Å². The molecule has 0 aliphatic heterocycles. The van der Waals surface area contributed by atoms with Crippen molar-refractivity contribution in [2.75, 3.05) is 23.9 Å². The van der Waals surface area contributed by atoms with Crippen molar-refractivity contribution in [3.8, 4) is 0 Å². The molecule has 0 spiro atoms. The van der Waals surface area contributed by atoms with Gasteiger partial charge in [-0.05, 0) is 47.4 Å². The number of hydrogen-bond acceptors (Lipinski definition) is 6. The van der Waals surface area contributed by atoms with Gasteiger partial charge in [-0.3, -0.25) is 8.77 Å². The minimum atomic E-state index is -4.15. The van der Waals surface area contributed by atoms with Crippen molar-refractivity contribution in [1.82, 2.24) is 8.69 Å². The van der Waals surface area contributed by atoms with E-state index in [-0.39, 0.29) is 13.0 Å². The number of benzene rings is 2. The van der Waals surface area contributed by atoms with E-state index in [0.717, 1.165) is 21.4 Å². The van der Waals surface area contributed by atoms with E-state index < -0.39 is 30.7 Å². The van der Waals surface area contributed by atoms with E-state index in [1.165, 1.54) is 30.6 Å². The normalized spacial score (nSPS) is 17.9. The quantitative estimate of drug-likeness (QED) is 0.275. The Kier molecular flexibility index (Phi) is 7.72. The maximum absolute atomic E-state index is 14.0. The number of sulfonamides is 1. The SMILES string of the molecule is CS(=O)(=O)NCC1(S(=O)(=O)n2ccc(/C=C/C(=O)Nc3ccccc3N)c2)C=CC=C(c2ccccc2)C1. The van der Waals surface area contributed by atoms with Gasteiger partial charge < -0.3 is 11.1 Å². The second-order valence-electron chi connectivity index (χ2n) is 8.94. The van der Waals surface area contributed by atoms with Crippen molar-refractivity contribution in [2.24, 2.45) is 0 Å². The van der Waals surface area contributed by atoms with Gasteiger partial charge in [-0.1, -0.05) is 60.7 Å². The lowest BCUT2D eigenvalue weighted by molar-refractivity contribution is -0.111. The second-order valence-corrected chi connectivity index (χ2v) is 13.0. The fourth-order valence-electron chi connectivity index (χ4n) is 4.08. The molecule has 1 aliphatic rings. The fraction of sp³-hybridized carbons (Fsp3) is 0.148. The fourth-order valence-corrected chi connectivity index (χ4v) is 6.44. The van der Waals surface area contributed by atoms with Crippen LogP contribution in [0.25, 0.3) is 11.6 Å². The summed E-state index contributed by atoms with van der Waals surface area (Å²) in [6.45, 7) is -0.348. The van der Waals surface area contributed by atoms with E-state index in [4.69, 9.17) is 5.73 Å². The molecule has 1 aliphatic carbocycles. The molecule has 0 saturated carbocycles. The van der Waals surface area contributed by atoms with Gasteiger partial charge in [0.15, 0.2) is 0 Å². The number of anilines is 2. The molecule has 4 rings (SSSR count). The summed E-state index contributed by atoms with van der Waals surface area (Å²) < 4.78 is 53.6. The molecule has 1 atom stereocenters. The van der Waals surface area contributed by atoms with Gasteiger partial charge in [-0.15, -0.1) is 0 Å². The molecule has 0 saturated heterocycles. The van der Waals surface area contributed by atoms with Gasteiger partial charge >= 0.3 is 0 Å². The molecule has 0 bridgehead atoms. The summed E-state index contributed by atoms with van der Waals surface area (Å²) >= 11 is 0. The first kappa shape index (κ1) is 27.1. The summed E-state index contributed by atoms with van der Waals surface area (Å²) in [5.74, 6) is -0.430. The first-order valence-corrected chi connectivity index (χ1v) is 15.0. The third-order valence-corrected chi connectivity index (χ3v) is 9.00. The topological polar surface area (TPSA) is 140 Å². The summed E-state index contributed by atoms with van der Waals surface area (Å²) in [5, 5.41) is 2.67. The zero-order chi connectivity index (χ0) is 27.4. The molecular weight excluding hydrogens is 524 g/mol. The molecular formula is C27H28N4O5S2. The van der Waals surface area contributed by atoms with Gasteiger partial charge in [0.05, 0.1) is 17.6 Å². The van der Waals surface area contributed by atoms with Gasteiger partial charge in [0.1, 0.15) is 4.75 Å². The summed E-state index contributed by atoms with van der Waals surface area (Å²) in [6.07, 6.45) is 11.5. The average Bonchev–Trinajstić information content (AvgIpc) is 3.38. The molecule has 0 radical (unpaired) electrons. The van der Waals surface area contributed by atoms with Gasteiger partial charge in [0.25, 0.3) is 0 Å². The molecule has 1 amide bonds. The van der Waals surface area contributed by atoms with Crippen molar-refractivity contribution in [3.63, 3.8) is 0 Å². The van der Waals surface area contributed by atoms with E-state index >= 15 is 0 Å². The zero-order valence-electron chi connectivity index (χ0n) is 20.6. The molecule has 9 nitrogen and oxygen atoms in total. The minimum Gasteiger partial charge on any atom is -0.397 e. The van der Waals surface area contributed by atoms with Crippen molar-refractivity contribution >= 4 is 49.0 Å². The third-order valence-electron chi connectivity index (χ3n) is 6.09. The molecule has 1 heterocycles. The van der Waals surface area contributed by atoms with Gasteiger partial charge in [-0.2, -0.15) is 0 Å². The number of amides is 1. The average molecular weight is 553 g/mol. The summed E-state index contributed by atoms with van der Waals surface area (Å²) in [7, 11) is -7.82. The first-order chi connectivity index (χ1) is 18.0. The van der Waals surface area contributed by atoms with Crippen molar-refractivity contribution < 1.29 is 21.6 Å². The van der Waals surface area contributed by atoms with Crippen LogP contribution in [0.4, 0.5) is 11.4 Å². The molecule has 11 heteroatoms. The molecule has 1 unspecified atom stereocenters. The molecule has 0 fully saturated rings. The summed E-state index contributed by atoms with van der Waals surface area (Å²) in [5.41, 5.74) is 8.81. The van der Waals surface area contributed by atoms with E-state index in [0.29, 0.717) is 16.9 Å². The van der Waals surface area contributed by atoms with Gasteiger partial charge in [-0.25, -0.2) is 21.6 Å². The van der Waals surface area contributed by atoms with Crippen LogP contribution in [0, 0.1) is 0 Å². The van der Waals surface area contributed by atoms with E-state index in [2.05, 4.69) is 10.0 Å². The molecule has 4 N–H and O–H groups in total. The Hall–Kier alpha value is -3.93. The van der Waals surface area contributed by atoms with Crippen LogP contribution < -0.4 is 15.8 Å². The van der Waals surface area contributed by atoms with E-state index in [9.17, 15) is 21.6 Å². The van der Waals surface area contributed by atoms with Crippen molar-refractivity contribution in [1.29, 1.82) is 0 Å². The molecule has 1 aromatic heterocycles. The van der Waals surface area contributed by atoms with Crippen LogP contribution in [0.15, 0.2) is 97.4 Å². The number of carbonyl (C=O) groups is 1. The lowest BCUT2D eigenvalue weighted by Crippen LogP contribution is -2.50. The number of allylic oxidation sites excluding steroid dienone is 3. The minimum absolute atomic E-state index is 0.0582. The van der Waals surface area contributed by atoms with Gasteiger partial charge in [0, 0.05) is 25.0 Å². The highest BCUT2D eigenvalue weighted by atomic mass is 32.2. The Morgan fingerprint density at radius 2 is 1.76 bits per heavy atom. The molecule has 3 aromatic rings. The van der Waals surface area contributed by atoms with Crippen molar-refractivity contribution in [3.05, 3.63) is 108 Å². The maximum Gasteiger partial charge on any atom is 0.249 e. The highest BCUT2D eigenvalue weighted by Gasteiger charge is 2.45. The summed E-state index contributed by atoms with van der Waals surface area (Å²) in [6, 6.07) is 17.7. The molecule has 2 aromatic carbocycles. The number of hydrogen-bond donors (Lipinski definition) is 3. The van der Waals surface area contributed by atoms with Crippen molar-refractivity contribution in [2.45, 2.75) is 11.2 Å². The lowest BCUT2D eigenvalue weighted by atomic mass is 9.89. The van der Waals surface area contributed by atoms with Gasteiger partial charge in [0.2, 0.25) is 26.0 Å². The molecule has 198 valence electrons. The lowest BCUT2D eigenvalue weighted by Gasteiger charge is -2.33. The highest BCUT2D eigenvalue weighted by Crippen LogP contribution is 2.37. The monoisotopic (exact) mass is 552 g/mol. The summed E-state index contributed by atoms with van der Waals surface area (Å²) in [4.78, 5) is 12.3. The van der Waals surface area contributed by atoms with Crippen LogP contribution in [0.3, 0.4) is 0 Å². The maximum atomic E-state index is 14.0. The number of para-hydroxylation sites is 2. The number of nitrogens with two attached hydrogens (primary N) is 1. The first-order valence-electron chi connectivity index (χ1n) is 11.6. The van der Waals surface area contributed by atoms with Crippen LogP contribution >= 0.6 is 0 Å². The Bertz CT molecular complexity index is 1640. The predicted octanol–water partition coefficient (Wildman–Crippen LogP) is 3.23. The van der Waals surface area contributed by atoms with Crippen LogP contribution in [0.1, 0.15) is 17.5 Å². The van der Waals surface area contributed by atoms with Crippen LogP contribution in [0.2, 0.25) is 0 Å². The highest BCUT2D eigenvalue weighted by molar-refractivity contribution is 7.91. The number of rotatable bonds is 9. The smallest absolute Gasteiger partial charge is 0.249 e. The van der Waals surface area contributed by atoms with E-state index in [1.807, 2.05) is 36.4 Å².